The molecule has 0 atom stereocenters. The number of nitrogens with zero attached hydrogens (tertiary/aromatic N) is 2. The van der Waals surface area contributed by atoms with Crippen LogP contribution >= 0.6 is 0 Å². The minimum absolute atomic E-state index is 0.0235. The number of hydrogen-bond acceptors (Lipinski definition) is 4. The topological polar surface area (TPSA) is 79.4 Å². The van der Waals surface area contributed by atoms with Gasteiger partial charge in [0.1, 0.15) is 0 Å². The van der Waals surface area contributed by atoms with Crippen molar-refractivity contribution in [2.45, 2.75) is 52.0 Å². The largest absolute Gasteiger partial charge is 0.352 e. The molecule has 1 fully saturated rings. The lowest BCUT2D eigenvalue weighted by Crippen LogP contribution is -2.43. The first-order valence-electron chi connectivity index (χ1n) is 9.96. The predicted molar refractivity (Wildman–Crippen MR) is 113 cm³/mol. The number of aromatic nitrogens is 1. The van der Waals surface area contributed by atoms with Gasteiger partial charge in [0, 0.05) is 37.9 Å². The highest BCUT2D eigenvalue weighted by Gasteiger charge is 2.34. The van der Waals surface area contributed by atoms with Crippen LogP contribution in [-0.2, 0) is 21.4 Å². The number of carbonyl (C=O) groups excluding carboxylic acids is 1. The van der Waals surface area contributed by atoms with Gasteiger partial charge in [-0.3, -0.25) is 9.78 Å². The summed E-state index contributed by atoms with van der Waals surface area (Å²) in [5, 5.41) is 2.94. The maximum atomic E-state index is 13.3. The Bertz CT molecular complexity index is 969. The summed E-state index contributed by atoms with van der Waals surface area (Å²) in [6, 6.07) is 5.78. The summed E-state index contributed by atoms with van der Waals surface area (Å²) < 4.78 is 28.2. The molecule has 0 bridgehead atoms. The summed E-state index contributed by atoms with van der Waals surface area (Å²) in [7, 11) is -3.58. The summed E-state index contributed by atoms with van der Waals surface area (Å²) >= 11 is 0. The van der Waals surface area contributed by atoms with E-state index in [1.807, 2.05) is 45.9 Å². The maximum Gasteiger partial charge on any atom is 0.243 e. The Kier molecular flexibility index (Phi) is 6.39. The van der Waals surface area contributed by atoms with Crippen molar-refractivity contribution in [3.8, 4) is 0 Å². The molecule has 1 aliphatic rings. The fourth-order valence-electron chi connectivity index (χ4n) is 3.89. The zero-order valence-electron chi connectivity index (χ0n) is 17.5. The fourth-order valence-corrected chi connectivity index (χ4v) is 5.94. The fraction of sp³-hybridized carbons (Fsp3) is 0.455. The zero-order chi connectivity index (χ0) is 21.2. The van der Waals surface area contributed by atoms with Crippen LogP contribution in [0.2, 0.25) is 0 Å². The van der Waals surface area contributed by atoms with Gasteiger partial charge in [0.05, 0.1) is 4.90 Å². The zero-order valence-corrected chi connectivity index (χ0v) is 18.3. The smallest absolute Gasteiger partial charge is 0.243 e. The SMILES string of the molecule is Cc1cc(C)c(C)c(S(=O)(=O)N2CCC(C(=O)NCc3cccnc3)CC2)c1C. The lowest BCUT2D eigenvalue weighted by atomic mass is 9.97. The molecule has 1 amide bonds. The molecule has 0 spiro atoms. The van der Waals surface area contributed by atoms with Crippen LogP contribution in [0.25, 0.3) is 0 Å². The second-order valence-corrected chi connectivity index (χ2v) is 9.72. The molecule has 0 aliphatic carbocycles. The van der Waals surface area contributed by atoms with Gasteiger partial charge in [-0.1, -0.05) is 12.1 Å². The second kappa shape index (κ2) is 8.63. The number of pyridine rings is 1. The Hall–Kier alpha value is -2.25. The van der Waals surface area contributed by atoms with Crippen molar-refractivity contribution in [2.75, 3.05) is 13.1 Å². The van der Waals surface area contributed by atoms with E-state index in [0.717, 1.165) is 27.8 Å². The van der Waals surface area contributed by atoms with Gasteiger partial charge in [0.15, 0.2) is 0 Å². The quantitative estimate of drug-likeness (QED) is 0.814. The predicted octanol–water partition coefficient (Wildman–Crippen LogP) is 3.03. The lowest BCUT2D eigenvalue weighted by molar-refractivity contribution is -0.126. The number of aryl methyl sites for hydroxylation is 2. The van der Waals surface area contributed by atoms with Gasteiger partial charge in [-0.25, -0.2) is 8.42 Å². The van der Waals surface area contributed by atoms with Crippen molar-refractivity contribution in [3.05, 3.63) is 58.4 Å². The molecule has 1 aromatic heterocycles. The van der Waals surface area contributed by atoms with Gasteiger partial charge >= 0.3 is 0 Å². The van der Waals surface area contributed by atoms with Gasteiger partial charge in [-0.15, -0.1) is 0 Å². The third-order valence-corrected chi connectivity index (χ3v) is 8.08. The van der Waals surface area contributed by atoms with Crippen molar-refractivity contribution in [1.82, 2.24) is 14.6 Å². The molecule has 1 N–H and O–H groups in total. The molecule has 2 aromatic rings. The standard InChI is InChI=1S/C22H29N3O3S/c1-15-12-16(2)18(4)21(17(15)3)29(27,28)25-10-7-20(8-11-25)22(26)24-14-19-6-5-9-23-13-19/h5-6,9,12-13,20H,7-8,10-11,14H2,1-4H3,(H,24,26). The van der Waals surface area contributed by atoms with Crippen LogP contribution in [0.1, 0.15) is 40.7 Å². The average Bonchev–Trinajstić information content (AvgIpc) is 2.71. The highest BCUT2D eigenvalue weighted by Crippen LogP contribution is 2.31. The monoisotopic (exact) mass is 415 g/mol. The van der Waals surface area contributed by atoms with Crippen molar-refractivity contribution in [3.63, 3.8) is 0 Å². The van der Waals surface area contributed by atoms with E-state index in [2.05, 4.69) is 10.3 Å². The van der Waals surface area contributed by atoms with E-state index < -0.39 is 10.0 Å². The molecule has 7 heteroatoms. The number of benzene rings is 1. The number of carbonyl (C=O) groups is 1. The number of rotatable bonds is 5. The highest BCUT2D eigenvalue weighted by atomic mass is 32.2. The second-order valence-electron chi connectivity index (χ2n) is 7.85. The van der Waals surface area contributed by atoms with Crippen molar-refractivity contribution in [1.29, 1.82) is 0 Å². The molecule has 0 saturated carbocycles. The van der Waals surface area contributed by atoms with E-state index in [1.54, 1.807) is 12.4 Å². The molecular formula is C22H29N3O3S. The molecular weight excluding hydrogens is 386 g/mol. The third kappa shape index (κ3) is 4.51. The van der Waals surface area contributed by atoms with Crippen LogP contribution in [0.3, 0.4) is 0 Å². The van der Waals surface area contributed by atoms with Crippen LogP contribution in [0.5, 0.6) is 0 Å². The first kappa shape index (κ1) is 21.5. The van der Waals surface area contributed by atoms with E-state index in [-0.39, 0.29) is 11.8 Å². The Balaban J connectivity index is 1.67. The molecule has 1 aromatic carbocycles. The first-order valence-corrected chi connectivity index (χ1v) is 11.4. The molecule has 1 aliphatic heterocycles. The van der Waals surface area contributed by atoms with Gasteiger partial charge in [0.25, 0.3) is 0 Å². The van der Waals surface area contributed by atoms with Gasteiger partial charge in [-0.05, 0) is 74.4 Å². The molecule has 0 radical (unpaired) electrons. The lowest BCUT2D eigenvalue weighted by Gasteiger charge is -2.31. The summed E-state index contributed by atoms with van der Waals surface area (Å²) in [5.74, 6) is -0.191. The first-order chi connectivity index (χ1) is 13.7. The molecule has 156 valence electrons. The summed E-state index contributed by atoms with van der Waals surface area (Å²) in [6.45, 7) is 8.78. The number of hydrogen-bond donors (Lipinski definition) is 1. The molecule has 1 saturated heterocycles. The summed E-state index contributed by atoms with van der Waals surface area (Å²) in [6.07, 6.45) is 4.48. The Morgan fingerprint density at radius 2 is 1.76 bits per heavy atom. The normalized spacial score (nSPS) is 16.0. The van der Waals surface area contributed by atoms with E-state index in [4.69, 9.17) is 0 Å². The van der Waals surface area contributed by atoms with E-state index in [0.29, 0.717) is 37.4 Å². The Morgan fingerprint density at radius 1 is 1.14 bits per heavy atom. The van der Waals surface area contributed by atoms with Crippen molar-refractivity contribution in [2.24, 2.45) is 5.92 Å². The maximum absolute atomic E-state index is 13.3. The Labute approximate surface area is 173 Å². The van der Waals surface area contributed by atoms with Crippen LogP contribution in [0.4, 0.5) is 0 Å². The number of piperidine rings is 1. The molecule has 0 unspecified atom stereocenters. The summed E-state index contributed by atoms with van der Waals surface area (Å²) in [4.78, 5) is 17.0. The van der Waals surface area contributed by atoms with Crippen LogP contribution in [0.15, 0.2) is 35.5 Å². The highest BCUT2D eigenvalue weighted by molar-refractivity contribution is 7.89. The van der Waals surface area contributed by atoms with Crippen LogP contribution in [-0.4, -0.2) is 36.7 Å². The molecule has 29 heavy (non-hydrogen) atoms. The molecule has 6 nitrogen and oxygen atoms in total. The number of nitrogens with one attached hydrogen (secondary N) is 1. The minimum atomic E-state index is -3.58. The Morgan fingerprint density at radius 3 is 2.31 bits per heavy atom. The van der Waals surface area contributed by atoms with Gasteiger partial charge in [-0.2, -0.15) is 4.31 Å². The van der Waals surface area contributed by atoms with Gasteiger partial charge < -0.3 is 5.32 Å². The minimum Gasteiger partial charge on any atom is -0.352 e. The van der Waals surface area contributed by atoms with Crippen molar-refractivity contribution < 1.29 is 13.2 Å². The van der Waals surface area contributed by atoms with E-state index in [9.17, 15) is 13.2 Å². The molecule has 3 rings (SSSR count). The number of amides is 1. The van der Waals surface area contributed by atoms with E-state index in [1.165, 1.54) is 4.31 Å². The summed E-state index contributed by atoms with van der Waals surface area (Å²) in [5.41, 5.74) is 4.53. The van der Waals surface area contributed by atoms with Crippen LogP contribution in [0, 0.1) is 33.6 Å². The third-order valence-electron chi connectivity index (χ3n) is 5.91. The van der Waals surface area contributed by atoms with Gasteiger partial charge in [0.2, 0.25) is 15.9 Å². The average molecular weight is 416 g/mol. The van der Waals surface area contributed by atoms with Crippen molar-refractivity contribution >= 4 is 15.9 Å². The molecule has 2 heterocycles. The van der Waals surface area contributed by atoms with Crippen LogP contribution < -0.4 is 5.32 Å². The van der Waals surface area contributed by atoms with E-state index >= 15 is 0 Å². The number of sulfonamides is 1.